The Hall–Kier alpha value is 0.300. The molecule has 0 aliphatic heterocycles. The third-order valence-corrected chi connectivity index (χ3v) is 0.803. The first kappa shape index (κ1) is 12.9. The van der Waals surface area contributed by atoms with Crippen molar-refractivity contribution in [2.45, 2.75) is 6.92 Å². The Morgan fingerprint density at radius 1 is 1.30 bits per heavy atom. The lowest BCUT2D eigenvalue weighted by Crippen LogP contribution is -1.72. The Bertz CT molecular complexity index is 108. The third kappa shape index (κ3) is 40.6. The van der Waals surface area contributed by atoms with E-state index in [0.29, 0.717) is 6.61 Å². The second-order valence-corrected chi connectivity index (χ2v) is 2.37. The van der Waals surface area contributed by atoms with Crippen molar-refractivity contribution in [2.75, 3.05) is 6.61 Å². The molecule has 0 saturated heterocycles. The van der Waals surface area contributed by atoms with E-state index < -0.39 is 16.5 Å². The molecule has 0 saturated carbocycles. The topological polar surface area (TPSA) is 104 Å². The van der Waals surface area contributed by atoms with Crippen molar-refractivity contribution < 1.29 is 28.3 Å². The van der Waals surface area contributed by atoms with Crippen LogP contribution in [0.1, 0.15) is 6.92 Å². The summed E-state index contributed by atoms with van der Waals surface area (Å²) in [6, 6.07) is 0. The molecule has 0 heterocycles. The molecule has 0 fully saturated rings. The second-order valence-electron chi connectivity index (χ2n) is 0.981. The molecule has 0 bridgehead atoms. The minimum absolute atomic E-state index is 0.314. The molecule has 0 amide bonds. The molecule has 1 atom stereocenters. The average molecular weight is 192 g/mol. The molecular weight excluding hydrogens is 182 g/mol. The average Bonchev–Trinajstić information content (AvgIpc) is 1.62. The van der Waals surface area contributed by atoms with Gasteiger partial charge in [0.2, 0.25) is 0 Å². The number of hydrogen-bond acceptors (Lipinski definition) is 3. The molecule has 0 spiro atoms. The van der Waals surface area contributed by atoms with Crippen molar-refractivity contribution in [1.29, 1.82) is 0 Å². The third-order valence-electron chi connectivity index (χ3n) is 0.268. The maximum absolute atomic E-state index is 9.56. The van der Waals surface area contributed by atoms with Crippen molar-refractivity contribution in [3.8, 4) is 0 Å². The van der Waals surface area contributed by atoms with E-state index in [4.69, 9.17) is 19.2 Å². The van der Waals surface area contributed by atoms with Crippen LogP contribution in [-0.4, -0.2) is 21.3 Å². The first-order chi connectivity index (χ1) is 4.50. The fourth-order valence-corrected chi connectivity index (χ4v) is 0.370. The van der Waals surface area contributed by atoms with Gasteiger partial charge in [-0.3, -0.25) is 9.13 Å². The van der Waals surface area contributed by atoms with Crippen LogP contribution < -0.4 is 0 Å². The van der Waals surface area contributed by atoms with Gasteiger partial charge >= 0.3 is 16.5 Å². The van der Waals surface area contributed by atoms with Gasteiger partial charge in [-0.1, -0.05) is 0 Å². The van der Waals surface area contributed by atoms with Crippen LogP contribution in [0, 0.1) is 0 Å². The summed E-state index contributed by atoms with van der Waals surface area (Å²) in [5.41, 5.74) is 0. The van der Waals surface area contributed by atoms with Crippen molar-refractivity contribution in [1.82, 2.24) is 0 Å². The van der Waals surface area contributed by atoms with Crippen LogP contribution in [0.4, 0.5) is 0 Å². The van der Waals surface area contributed by atoms with E-state index in [0.717, 1.165) is 0 Å². The fourth-order valence-electron chi connectivity index (χ4n) is 0.123. The van der Waals surface area contributed by atoms with Crippen LogP contribution in [0.3, 0.4) is 0 Å². The monoisotopic (exact) mass is 192 g/mol. The lowest BCUT2D eigenvalue weighted by Gasteiger charge is -1.86. The molecule has 64 valence electrons. The van der Waals surface area contributed by atoms with Gasteiger partial charge in [-0.25, -0.2) is 0 Å². The zero-order chi connectivity index (χ0) is 8.57. The zero-order valence-electron chi connectivity index (χ0n) is 5.27. The van der Waals surface area contributed by atoms with E-state index in [2.05, 4.69) is 4.52 Å². The van der Waals surface area contributed by atoms with Crippen LogP contribution >= 0.6 is 16.5 Å². The van der Waals surface area contributed by atoms with Crippen LogP contribution in [0.15, 0.2) is 0 Å². The maximum Gasteiger partial charge on any atom is 0.316 e. The van der Waals surface area contributed by atoms with Gasteiger partial charge < -0.3 is 19.2 Å². The second kappa shape index (κ2) is 9.30. The van der Waals surface area contributed by atoms with Gasteiger partial charge in [0.1, 0.15) is 0 Å². The molecule has 0 aromatic rings. The van der Waals surface area contributed by atoms with Gasteiger partial charge in [0.25, 0.3) is 0 Å². The SMILES string of the molecule is CCO[PH](=O)O.O=[PH](O)O. The highest BCUT2D eigenvalue weighted by Gasteiger charge is 1.81. The summed E-state index contributed by atoms with van der Waals surface area (Å²) < 4.78 is 22.4. The van der Waals surface area contributed by atoms with Gasteiger partial charge in [-0.15, -0.1) is 0 Å². The highest BCUT2D eigenvalue weighted by atomic mass is 31.1. The Kier molecular flexibility index (Phi) is 12.0. The molecular formula is C2H10O6P2. The Morgan fingerprint density at radius 3 is 1.60 bits per heavy atom. The van der Waals surface area contributed by atoms with Crippen molar-refractivity contribution in [3.63, 3.8) is 0 Å². The lowest BCUT2D eigenvalue weighted by molar-refractivity contribution is 0.297. The van der Waals surface area contributed by atoms with Crippen molar-refractivity contribution in [3.05, 3.63) is 0 Å². The van der Waals surface area contributed by atoms with Crippen molar-refractivity contribution >= 4 is 16.5 Å². The van der Waals surface area contributed by atoms with Crippen LogP contribution in [0.25, 0.3) is 0 Å². The van der Waals surface area contributed by atoms with Crippen LogP contribution in [-0.2, 0) is 13.7 Å². The molecule has 8 heteroatoms. The zero-order valence-corrected chi connectivity index (χ0v) is 7.27. The van der Waals surface area contributed by atoms with E-state index in [1.165, 1.54) is 0 Å². The summed E-state index contributed by atoms with van der Waals surface area (Å²) in [5.74, 6) is 0. The number of hydrogen-bond donors (Lipinski definition) is 3. The van der Waals surface area contributed by atoms with E-state index >= 15 is 0 Å². The highest BCUT2D eigenvalue weighted by Crippen LogP contribution is 2.12. The van der Waals surface area contributed by atoms with Crippen LogP contribution in [0.2, 0.25) is 0 Å². The normalized spacial score (nSPS) is 12.1. The molecule has 1 unspecified atom stereocenters. The summed E-state index contributed by atoms with van der Waals surface area (Å²) in [4.78, 5) is 22.2. The first-order valence-corrected chi connectivity index (χ1v) is 4.85. The predicted octanol–water partition coefficient (Wildman–Crippen LogP) is -0.234. The van der Waals surface area contributed by atoms with E-state index in [9.17, 15) is 4.57 Å². The fraction of sp³-hybridized carbons (Fsp3) is 1.00. The Labute approximate surface area is 59.4 Å². The number of rotatable bonds is 2. The summed E-state index contributed by atoms with van der Waals surface area (Å²) in [5, 5.41) is 0. The highest BCUT2D eigenvalue weighted by molar-refractivity contribution is 7.32. The van der Waals surface area contributed by atoms with E-state index in [1.807, 2.05) is 0 Å². The predicted molar refractivity (Wildman–Crippen MR) is 36.3 cm³/mol. The van der Waals surface area contributed by atoms with Gasteiger partial charge in [-0.05, 0) is 6.92 Å². The summed E-state index contributed by atoms with van der Waals surface area (Å²) in [7, 11) is -5.77. The molecule has 6 nitrogen and oxygen atoms in total. The molecule has 10 heavy (non-hydrogen) atoms. The minimum Gasteiger partial charge on any atom is -0.326 e. The standard InChI is InChI=1S/C2H7O3P.H3O3P/c1-2-5-6(3)4;1-4(2)3/h6H,2H2,1H3,(H,3,4);4H,(H2,1,2,3). The maximum atomic E-state index is 9.56. The van der Waals surface area contributed by atoms with Gasteiger partial charge in [-0.2, -0.15) is 0 Å². The largest absolute Gasteiger partial charge is 0.326 e. The lowest BCUT2D eigenvalue weighted by atomic mass is 10.9. The van der Waals surface area contributed by atoms with Gasteiger partial charge in [0.15, 0.2) is 0 Å². The molecule has 0 rings (SSSR count). The first-order valence-electron chi connectivity index (χ1n) is 2.28. The van der Waals surface area contributed by atoms with E-state index in [-0.39, 0.29) is 0 Å². The molecule has 0 aliphatic rings. The smallest absolute Gasteiger partial charge is 0.316 e. The summed E-state index contributed by atoms with van der Waals surface area (Å²) in [6.45, 7) is 1.98. The van der Waals surface area contributed by atoms with Crippen LogP contribution in [0.5, 0.6) is 0 Å². The summed E-state index contributed by atoms with van der Waals surface area (Å²) in [6.07, 6.45) is 0. The Morgan fingerprint density at radius 2 is 1.60 bits per heavy atom. The Balaban J connectivity index is 0. The van der Waals surface area contributed by atoms with E-state index in [1.54, 1.807) is 6.92 Å². The quantitative estimate of drug-likeness (QED) is 0.522. The molecule has 0 radical (unpaired) electrons. The summed E-state index contributed by atoms with van der Waals surface area (Å²) >= 11 is 0. The molecule has 0 aromatic heterocycles. The van der Waals surface area contributed by atoms with Crippen molar-refractivity contribution in [2.24, 2.45) is 0 Å². The van der Waals surface area contributed by atoms with Gasteiger partial charge in [0.05, 0.1) is 6.61 Å². The molecule has 3 N–H and O–H groups in total. The molecule has 0 aromatic carbocycles. The molecule has 0 aliphatic carbocycles. The minimum atomic E-state index is -3.13. The van der Waals surface area contributed by atoms with Gasteiger partial charge in [0, 0.05) is 0 Å².